The van der Waals surface area contributed by atoms with Gasteiger partial charge in [0.25, 0.3) is 0 Å². The van der Waals surface area contributed by atoms with Crippen molar-refractivity contribution in [2.24, 2.45) is 11.3 Å². The number of carbonyl (C=O) groups is 2. The van der Waals surface area contributed by atoms with Gasteiger partial charge in [0.2, 0.25) is 5.88 Å². The first-order valence-electron chi connectivity index (χ1n) is 13.1. The number of nitrogens with zero attached hydrogens (tertiary/aromatic N) is 2. The molecule has 1 aromatic heterocycles. The molecule has 0 unspecified atom stereocenters. The van der Waals surface area contributed by atoms with E-state index in [0.29, 0.717) is 11.8 Å². The van der Waals surface area contributed by atoms with Gasteiger partial charge in [0.1, 0.15) is 6.04 Å². The number of hydrogen-bond acceptors (Lipinski definition) is 7. The highest BCUT2D eigenvalue weighted by Gasteiger charge is 2.59. The Morgan fingerprint density at radius 1 is 1.10 bits per heavy atom. The summed E-state index contributed by atoms with van der Waals surface area (Å²) in [6.45, 7) is 10.6. The lowest BCUT2D eigenvalue weighted by molar-refractivity contribution is -0.152. The van der Waals surface area contributed by atoms with Crippen molar-refractivity contribution < 1.29 is 41.7 Å². The van der Waals surface area contributed by atoms with E-state index in [1.165, 1.54) is 12.0 Å². The topological polar surface area (TPSA) is 87.2 Å². The Kier molecular flexibility index (Phi) is 9.71. The lowest BCUT2D eigenvalue weighted by Gasteiger charge is -2.35. The molecule has 0 radical (unpaired) electrons. The highest BCUT2D eigenvalue weighted by molar-refractivity contribution is 5.83. The van der Waals surface area contributed by atoms with Gasteiger partial charge in [0.05, 0.1) is 44.1 Å². The van der Waals surface area contributed by atoms with Crippen LogP contribution in [0, 0.1) is 11.3 Å². The van der Waals surface area contributed by atoms with Crippen LogP contribution in [0.1, 0.15) is 64.3 Å². The summed E-state index contributed by atoms with van der Waals surface area (Å²) in [4.78, 5) is 32.2. The van der Waals surface area contributed by atoms with E-state index in [1.54, 1.807) is 45.0 Å². The monoisotopic (exact) mass is 566 g/mol. The number of alkyl halides is 3. The molecule has 0 saturated carbocycles. The molecule has 0 spiro atoms. The van der Waals surface area contributed by atoms with E-state index >= 15 is 0 Å². The third kappa shape index (κ3) is 6.86. The third-order valence-corrected chi connectivity index (χ3v) is 6.70. The first-order valence-corrected chi connectivity index (χ1v) is 13.1. The number of aromatic nitrogens is 1. The van der Waals surface area contributed by atoms with Crippen LogP contribution in [0.3, 0.4) is 0 Å². The molecule has 1 aliphatic rings. The molecule has 220 valence electrons. The van der Waals surface area contributed by atoms with Crippen molar-refractivity contribution in [1.82, 2.24) is 9.88 Å². The molecule has 40 heavy (non-hydrogen) atoms. The summed E-state index contributed by atoms with van der Waals surface area (Å²) in [5.41, 5.74) is -0.814. The first kappa shape index (κ1) is 31.2. The summed E-state index contributed by atoms with van der Waals surface area (Å²) in [6, 6.07) is 8.04. The van der Waals surface area contributed by atoms with Crippen molar-refractivity contribution in [3.8, 4) is 5.88 Å². The second-order valence-electron chi connectivity index (χ2n) is 10.9. The zero-order valence-corrected chi connectivity index (χ0v) is 23.8. The minimum absolute atomic E-state index is 0.0208. The van der Waals surface area contributed by atoms with Gasteiger partial charge in [-0.15, -0.1) is 0 Å². The summed E-state index contributed by atoms with van der Waals surface area (Å²) in [5, 5.41) is 0. The van der Waals surface area contributed by atoms with Crippen molar-refractivity contribution in [2.45, 2.75) is 78.6 Å². The number of pyridine rings is 1. The number of benzene rings is 1. The molecule has 0 aliphatic carbocycles. The van der Waals surface area contributed by atoms with Crippen LogP contribution < -0.4 is 4.74 Å². The smallest absolute Gasteiger partial charge is 0.417 e. The van der Waals surface area contributed by atoms with Crippen molar-refractivity contribution in [3.63, 3.8) is 0 Å². The molecule has 0 bridgehead atoms. The van der Waals surface area contributed by atoms with Crippen LogP contribution in [0.5, 0.6) is 5.88 Å². The minimum atomic E-state index is -4.62. The van der Waals surface area contributed by atoms with Gasteiger partial charge in [0, 0.05) is 17.7 Å². The van der Waals surface area contributed by atoms with E-state index in [2.05, 4.69) is 4.98 Å². The molecule has 1 fully saturated rings. The standard InChI is InChI=1S/C29H37F3N2O6/c1-8-38-26(35)23-21(28(4,5)6)24(39-16-19-14-20(29(30,31)32)15-33-25(19)37-7)22(18-12-10-9-11-13-18)34(23)27(36)40-17(2)3/h9-15,17,21-24H,8,16H2,1-7H3/t21-,22+,23+,24+/m1/s1. The van der Waals surface area contributed by atoms with Crippen molar-refractivity contribution in [2.75, 3.05) is 13.7 Å². The van der Waals surface area contributed by atoms with Crippen LogP contribution in [0.15, 0.2) is 42.6 Å². The summed E-state index contributed by atoms with van der Waals surface area (Å²) >= 11 is 0. The normalized spacial score (nSPS) is 21.4. The Morgan fingerprint density at radius 2 is 1.75 bits per heavy atom. The van der Waals surface area contributed by atoms with E-state index in [4.69, 9.17) is 18.9 Å². The zero-order chi connectivity index (χ0) is 29.8. The lowest BCUT2D eigenvalue weighted by atomic mass is 9.73. The molecule has 0 N–H and O–H groups in total. The molecule has 2 heterocycles. The minimum Gasteiger partial charge on any atom is -0.481 e. The number of amides is 1. The molecule has 8 nitrogen and oxygen atoms in total. The highest BCUT2D eigenvalue weighted by Crippen LogP contribution is 2.50. The third-order valence-electron chi connectivity index (χ3n) is 6.70. The fourth-order valence-corrected chi connectivity index (χ4v) is 5.15. The summed E-state index contributed by atoms with van der Waals surface area (Å²) < 4.78 is 63.0. The number of methoxy groups -OCH3 is 1. The fourth-order valence-electron chi connectivity index (χ4n) is 5.15. The maximum Gasteiger partial charge on any atom is 0.417 e. The quantitative estimate of drug-likeness (QED) is 0.352. The molecule has 4 atom stereocenters. The van der Waals surface area contributed by atoms with Gasteiger partial charge in [-0.3, -0.25) is 4.90 Å². The van der Waals surface area contributed by atoms with Crippen molar-refractivity contribution in [3.05, 3.63) is 59.3 Å². The number of likely N-dealkylation sites (tertiary alicyclic amines) is 1. The molecule has 1 saturated heterocycles. The van der Waals surface area contributed by atoms with Crippen LogP contribution in [-0.4, -0.2) is 53.9 Å². The predicted octanol–water partition coefficient (Wildman–Crippen LogP) is 6.19. The number of ether oxygens (including phenoxy) is 4. The van der Waals surface area contributed by atoms with E-state index in [1.807, 2.05) is 26.8 Å². The van der Waals surface area contributed by atoms with Crippen LogP contribution in [-0.2, 0) is 31.8 Å². The molecule has 1 aliphatic heterocycles. The Morgan fingerprint density at radius 3 is 2.27 bits per heavy atom. The largest absolute Gasteiger partial charge is 0.481 e. The maximum atomic E-state index is 13.6. The van der Waals surface area contributed by atoms with E-state index in [0.717, 1.165) is 6.07 Å². The Labute approximate surface area is 232 Å². The first-order chi connectivity index (χ1) is 18.7. The Balaban J connectivity index is 2.17. The molecular weight excluding hydrogens is 529 g/mol. The van der Waals surface area contributed by atoms with Gasteiger partial charge < -0.3 is 18.9 Å². The van der Waals surface area contributed by atoms with E-state index in [-0.39, 0.29) is 24.7 Å². The van der Waals surface area contributed by atoms with Crippen LogP contribution in [0.2, 0.25) is 0 Å². The molecular formula is C29H37F3N2O6. The lowest BCUT2D eigenvalue weighted by Crippen LogP contribution is -2.48. The van der Waals surface area contributed by atoms with Crippen LogP contribution in [0.25, 0.3) is 0 Å². The van der Waals surface area contributed by atoms with Gasteiger partial charge in [-0.25, -0.2) is 14.6 Å². The van der Waals surface area contributed by atoms with Gasteiger partial charge in [0.15, 0.2) is 0 Å². The van der Waals surface area contributed by atoms with Gasteiger partial charge in [-0.1, -0.05) is 51.1 Å². The highest BCUT2D eigenvalue weighted by atomic mass is 19.4. The average Bonchev–Trinajstić information content (AvgIpc) is 3.23. The van der Waals surface area contributed by atoms with Gasteiger partial charge >= 0.3 is 18.2 Å². The second kappa shape index (κ2) is 12.4. The fraction of sp³-hybridized carbons (Fsp3) is 0.552. The molecule has 3 rings (SSSR count). The number of rotatable bonds is 8. The number of hydrogen-bond donors (Lipinski definition) is 0. The molecule has 1 aromatic carbocycles. The predicted molar refractivity (Wildman–Crippen MR) is 140 cm³/mol. The Hall–Kier alpha value is -3.34. The zero-order valence-electron chi connectivity index (χ0n) is 23.8. The summed E-state index contributed by atoms with van der Waals surface area (Å²) in [5.74, 6) is -1.26. The average molecular weight is 567 g/mol. The van der Waals surface area contributed by atoms with Crippen LogP contribution >= 0.6 is 0 Å². The maximum absolute atomic E-state index is 13.6. The number of halogens is 3. The van der Waals surface area contributed by atoms with Gasteiger partial charge in [-0.2, -0.15) is 13.2 Å². The van der Waals surface area contributed by atoms with Crippen molar-refractivity contribution >= 4 is 12.1 Å². The summed E-state index contributed by atoms with van der Waals surface area (Å²) in [6.07, 6.45) is -5.95. The van der Waals surface area contributed by atoms with E-state index < -0.39 is 59.4 Å². The summed E-state index contributed by atoms with van der Waals surface area (Å²) in [7, 11) is 1.31. The second-order valence-corrected chi connectivity index (χ2v) is 10.9. The number of esters is 1. The molecule has 11 heteroatoms. The SMILES string of the molecule is CCOC(=O)[C@@H]1[C@@H](C(C)(C)C)[C@H](OCc2cc(C(F)(F)F)cnc2OC)[C@H](c2ccccc2)N1C(=O)OC(C)C. The Bertz CT molecular complexity index is 1170. The van der Waals surface area contributed by atoms with E-state index in [9.17, 15) is 22.8 Å². The molecule has 2 aromatic rings. The molecule has 1 amide bonds. The van der Waals surface area contributed by atoms with Crippen LogP contribution in [0.4, 0.5) is 18.0 Å². The number of carbonyl (C=O) groups excluding carboxylic acids is 2. The van der Waals surface area contributed by atoms with Gasteiger partial charge in [-0.05, 0) is 37.8 Å². The van der Waals surface area contributed by atoms with Crippen molar-refractivity contribution in [1.29, 1.82) is 0 Å².